The topological polar surface area (TPSA) is 43.1 Å². The Hall–Kier alpha value is -1.26. The molecule has 0 aliphatic carbocycles. The Balaban J connectivity index is 2.02. The molecule has 0 bridgehead atoms. The number of thioether (sulfide) groups is 1. The van der Waals surface area contributed by atoms with Gasteiger partial charge in [0, 0.05) is 6.20 Å². The van der Waals surface area contributed by atoms with E-state index in [1.807, 2.05) is 0 Å². The quantitative estimate of drug-likeness (QED) is 0.618. The molecule has 3 nitrogen and oxygen atoms in total. The lowest BCUT2D eigenvalue weighted by molar-refractivity contribution is 0.109. The number of halogens is 1. The molecule has 0 aromatic carbocycles. The maximum atomic E-state index is 10.4. The van der Waals surface area contributed by atoms with Crippen molar-refractivity contribution in [1.82, 2.24) is 4.98 Å². The van der Waals surface area contributed by atoms with Crippen molar-refractivity contribution in [3.8, 4) is 0 Å². The zero-order valence-electron chi connectivity index (χ0n) is 8.22. The summed E-state index contributed by atoms with van der Waals surface area (Å²) in [5.74, 6) is 1.67. The molecule has 2 rings (SSSR count). The number of carbonyl (C=O) groups excluding carboxylic acids is 1. The zero-order valence-corrected chi connectivity index (χ0v) is 9.79. The number of hydrogen-bond acceptors (Lipinski definition) is 4. The van der Waals surface area contributed by atoms with Gasteiger partial charge in [0.05, 0.1) is 10.8 Å². The number of aldehydes is 1. The van der Waals surface area contributed by atoms with Crippen molar-refractivity contribution in [2.24, 2.45) is 0 Å². The van der Waals surface area contributed by atoms with Crippen LogP contribution in [0.1, 0.15) is 16.3 Å². The molecule has 0 N–H and O–H groups in total. The summed E-state index contributed by atoms with van der Waals surface area (Å²) in [5, 5.41) is 1.38. The summed E-state index contributed by atoms with van der Waals surface area (Å²) in [5.41, 5.74) is 0. The number of rotatable bonds is 4. The molecule has 0 radical (unpaired) electrons. The first-order chi connectivity index (χ1) is 7.79. The Morgan fingerprint density at radius 3 is 3.00 bits per heavy atom. The minimum Gasteiger partial charge on any atom is -0.457 e. The molecular formula is C11H8ClNO2S. The van der Waals surface area contributed by atoms with Gasteiger partial charge in [0.25, 0.3) is 0 Å². The van der Waals surface area contributed by atoms with Gasteiger partial charge in [0.1, 0.15) is 10.8 Å². The third-order valence-corrected chi connectivity index (χ3v) is 3.32. The molecular weight excluding hydrogens is 246 g/mol. The summed E-state index contributed by atoms with van der Waals surface area (Å²) in [7, 11) is 0. The first-order valence-corrected chi connectivity index (χ1v) is 5.93. The lowest BCUT2D eigenvalue weighted by Gasteiger charge is -2.00. The van der Waals surface area contributed by atoms with Crippen LogP contribution in [0.5, 0.6) is 0 Å². The second-order valence-electron chi connectivity index (χ2n) is 3.00. The van der Waals surface area contributed by atoms with E-state index in [2.05, 4.69) is 4.98 Å². The van der Waals surface area contributed by atoms with Gasteiger partial charge in [-0.25, -0.2) is 4.98 Å². The standard InChI is InChI=1S/C11H8ClNO2S/c12-10-2-1-5-13-11(10)16-7-9-4-3-8(6-14)15-9/h1-6H,7H2. The normalized spacial score (nSPS) is 10.3. The largest absolute Gasteiger partial charge is 0.457 e. The maximum Gasteiger partial charge on any atom is 0.185 e. The first-order valence-electron chi connectivity index (χ1n) is 4.57. The molecule has 16 heavy (non-hydrogen) atoms. The second-order valence-corrected chi connectivity index (χ2v) is 4.37. The van der Waals surface area contributed by atoms with Crippen LogP contribution in [0.15, 0.2) is 39.9 Å². The summed E-state index contributed by atoms with van der Waals surface area (Å²) in [6.07, 6.45) is 2.37. The van der Waals surface area contributed by atoms with Gasteiger partial charge >= 0.3 is 0 Å². The molecule has 0 saturated carbocycles. The molecule has 5 heteroatoms. The highest BCUT2D eigenvalue weighted by Crippen LogP contribution is 2.27. The summed E-state index contributed by atoms with van der Waals surface area (Å²) < 4.78 is 5.23. The highest BCUT2D eigenvalue weighted by molar-refractivity contribution is 7.98. The van der Waals surface area contributed by atoms with Gasteiger partial charge in [0.15, 0.2) is 12.0 Å². The molecule has 0 fully saturated rings. The van der Waals surface area contributed by atoms with E-state index in [-0.39, 0.29) is 0 Å². The third kappa shape index (κ3) is 2.65. The van der Waals surface area contributed by atoms with Crippen LogP contribution in [-0.4, -0.2) is 11.3 Å². The van der Waals surface area contributed by atoms with E-state index in [1.54, 1.807) is 30.5 Å². The molecule has 2 aromatic rings. The van der Waals surface area contributed by atoms with E-state index in [0.717, 1.165) is 10.8 Å². The minimum atomic E-state index is 0.336. The van der Waals surface area contributed by atoms with Gasteiger partial charge < -0.3 is 4.42 Å². The van der Waals surface area contributed by atoms with Gasteiger partial charge in [-0.15, -0.1) is 0 Å². The fraction of sp³-hybridized carbons (Fsp3) is 0.0909. The van der Waals surface area contributed by atoms with Gasteiger partial charge in [-0.05, 0) is 24.3 Å². The summed E-state index contributed by atoms with van der Waals surface area (Å²) >= 11 is 7.42. The van der Waals surface area contributed by atoms with Crippen molar-refractivity contribution >= 4 is 29.6 Å². The van der Waals surface area contributed by atoms with E-state index in [0.29, 0.717) is 22.8 Å². The van der Waals surface area contributed by atoms with E-state index < -0.39 is 0 Å². The highest BCUT2D eigenvalue weighted by Gasteiger charge is 2.05. The molecule has 0 spiro atoms. The van der Waals surface area contributed by atoms with E-state index >= 15 is 0 Å². The summed E-state index contributed by atoms with van der Waals surface area (Å²) in [6.45, 7) is 0. The van der Waals surface area contributed by atoms with Crippen LogP contribution in [0.4, 0.5) is 0 Å². The third-order valence-electron chi connectivity index (χ3n) is 1.87. The van der Waals surface area contributed by atoms with Crippen molar-refractivity contribution in [2.75, 3.05) is 0 Å². The van der Waals surface area contributed by atoms with Gasteiger partial charge in [-0.3, -0.25) is 4.79 Å². The maximum absolute atomic E-state index is 10.4. The Labute approximate surface area is 102 Å². The van der Waals surface area contributed by atoms with Crippen LogP contribution >= 0.6 is 23.4 Å². The molecule has 0 amide bonds. The van der Waals surface area contributed by atoms with E-state index in [1.165, 1.54) is 11.8 Å². The number of pyridine rings is 1. The average Bonchev–Trinajstić information content (AvgIpc) is 2.76. The van der Waals surface area contributed by atoms with Crippen molar-refractivity contribution in [2.45, 2.75) is 10.8 Å². The molecule has 0 saturated heterocycles. The molecule has 2 heterocycles. The van der Waals surface area contributed by atoms with Crippen molar-refractivity contribution in [3.05, 3.63) is 47.0 Å². The van der Waals surface area contributed by atoms with Crippen LogP contribution in [0.3, 0.4) is 0 Å². The predicted molar refractivity (Wildman–Crippen MR) is 62.9 cm³/mol. The lowest BCUT2D eigenvalue weighted by atomic mass is 10.4. The Bertz CT molecular complexity index is 498. The smallest absolute Gasteiger partial charge is 0.185 e. The van der Waals surface area contributed by atoms with Crippen molar-refractivity contribution in [1.29, 1.82) is 0 Å². The van der Waals surface area contributed by atoms with E-state index in [4.69, 9.17) is 16.0 Å². The number of aromatic nitrogens is 1. The molecule has 0 unspecified atom stereocenters. The fourth-order valence-electron chi connectivity index (χ4n) is 1.15. The van der Waals surface area contributed by atoms with Crippen LogP contribution in [-0.2, 0) is 5.75 Å². The molecule has 2 aromatic heterocycles. The minimum absolute atomic E-state index is 0.336. The summed E-state index contributed by atoms with van der Waals surface area (Å²) in [4.78, 5) is 14.6. The Morgan fingerprint density at radius 2 is 2.31 bits per heavy atom. The van der Waals surface area contributed by atoms with Crippen molar-refractivity contribution < 1.29 is 9.21 Å². The van der Waals surface area contributed by atoms with Crippen LogP contribution < -0.4 is 0 Å². The molecule has 0 aliphatic rings. The second kappa shape index (κ2) is 5.18. The van der Waals surface area contributed by atoms with Gasteiger partial charge in [-0.2, -0.15) is 0 Å². The Morgan fingerprint density at radius 1 is 1.44 bits per heavy atom. The fourth-order valence-corrected chi connectivity index (χ4v) is 2.21. The van der Waals surface area contributed by atoms with Crippen molar-refractivity contribution in [3.63, 3.8) is 0 Å². The van der Waals surface area contributed by atoms with Gasteiger partial charge in [0.2, 0.25) is 0 Å². The Kier molecular flexibility index (Phi) is 3.64. The predicted octanol–water partition coefficient (Wildman–Crippen LogP) is 3.43. The van der Waals surface area contributed by atoms with Crippen LogP contribution in [0, 0.1) is 0 Å². The number of hydrogen-bond donors (Lipinski definition) is 0. The van der Waals surface area contributed by atoms with Crippen LogP contribution in [0.25, 0.3) is 0 Å². The van der Waals surface area contributed by atoms with E-state index in [9.17, 15) is 4.79 Å². The molecule has 82 valence electrons. The highest BCUT2D eigenvalue weighted by atomic mass is 35.5. The monoisotopic (exact) mass is 253 g/mol. The number of furan rings is 1. The first kappa shape index (κ1) is 11.2. The summed E-state index contributed by atoms with van der Waals surface area (Å²) in [6, 6.07) is 6.98. The number of carbonyl (C=O) groups is 1. The zero-order chi connectivity index (χ0) is 11.4. The SMILES string of the molecule is O=Cc1ccc(CSc2ncccc2Cl)o1. The average molecular weight is 254 g/mol. The lowest BCUT2D eigenvalue weighted by Crippen LogP contribution is -1.82. The molecule has 0 aliphatic heterocycles. The number of nitrogens with zero attached hydrogens (tertiary/aromatic N) is 1. The molecule has 0 atom stereocenters. The van der Waals surface area contributed by atoms with Gasteiger partial charge in [-0.1, -0.05) is 23.4 Å². The van der Waals surface area contributed by atoms with Crippen LogP contribution in [0.2, 0.25) is 5.02 Å².